The summed E-state index contributed by atoms with van der Waals surface area (Å²) in [6, 6.07) is 7.02. The SMILES string of the molecule is CC1(C)OC[C@@H](C/C=C/C(=O)O)C(c2ccccc2O)O1. The van der Waals surface area contributed by atoms with Crippen molar-refractivity contribution in [2.75, 3.05) is 6.61 Å². The standard InChI is InChI=1S/C16H20O5/c1-16(2)20-10-11(6-5-9-14(18)19)15(21-16)12-7-3-4-8-13(12)17/h3-5,7-9,11,15,17H,6,10H2,1-2H3,(H,18,19)/b9-5+/t11-,15?/m1/s1. The fourth-order valence-corrected chi connectivity index (χ4v) is 2.41. The van der Waals surface area contributed by atoms with Crippen LogP contribution in [-0.4, -0.2) is 28.6 Å². The summed E-state index contributed by atoms with van der Waals surface area (Å²) in [7, 11) is 0. The Balaban J connectivity index is 2.22. The number of allylic oxidation sites excluding steroid dienone is 1. The van der Waals surface area contributed by atoms with Gasteiger partial charge < -0.3 is 19.7 Å². The van der Waals surface area contributed by atoms with Gasteiger partial charge in [-0.1, -0.05) is 24.3 Å². The second-order valence-electron chi connectivity index (χ2n) is 5.54. The summed E-state index contributed by atoms with van der Waals surface area (Å²) in [6.45, 7) is 4.09. The van der Waals surface area contributed by atoms with Crippen molar-refractivity contribution in [1.82, 2.24) is 0 Å². The van der Waals surface area contributed by atoms with Crippen LogP contribution in [0.15, 0.2) is 36.4 Å². The van der Waals surface area contributed by atoms with Crippen LogP contribution >= 0.6 is 0 Å². The van der Waals surface area contributed by atoms with Crippen molar-refractivity contribution in [3.05, 3.63) is 42.0 Å². The summed E-state index contributed by atoms with van der Waals surface area (Å²) < 4.78 is 11.6. The van der Waals surface area contributed by atoms with E-state index in [-0.39, 0.29) is 17.8 Å². The van der Waals surface area contributed by atoms with Crippen LogP contribution in [0.2, 0.25) is 0 Å². The zero-order chi connectivity index (χ0) is 15.5. The van der Waals surface area contributed by atoms with E-state index in [0.717, 1.165) is 6.08 Å². The third-order valence-corrected chi connectivity index (χ3v) is 3.43. The van der Waals surface area contributed by atoms with Crippen molar-refractivity contribution in [2.45, 2.75) is 32.2 Å². The minimum absolute atomic E-state index is 0.0538. The number of aliphatic carboxylic acids is 1. The Bertz CT molecular complexity index is 535. The number of phenolic OH excluding ortho intramolecular Hbond substituents is 1. The van der Waals surface area contributed by atoms with Crippen LogP contribution < -0.4 is 0 Å². The lowest BCUT2D eigenvalue weighted by Crippen LogP contribution is -2.41. The highest BCUT2D eigenvalue weighted by Crippen LogP contribution is 2.41. The molecule has 0 aliphatic carbocycles. The molecule has 0 spiro atoms. The molecule has 1 fully saturated rings. The minimum atomic E-state index is -0.980. The molecule has 0 amide bonds. The fourth-order valence-electron chi connectivity index (χ4n) is 2.41. The molecule has 0 radical (unpaired) electrons. The second-order valence-corrected chi connectivity index (χ2v) is 5.54. The number of aromatic hydroxyl groups is 1. The molecule has 2 N–H and O–H groups in total. The number of rotatable bonds is 4. The number of benzene rings is 1. The van der Waals surface area contributed by atoms with Crippen LogP contribution in [0.5, 0.6) is 5.75 Å². The molecule has 21 heavy (non-hydrogen) atoms. The molecule has 1 aliphatic rings. The maximum Gasteiger partial charge on any atom is 0.327 e. The first-order valence-corrected chi connectivity index (χ1v) is 6.88. The van der Waals surface area contributed by atoms with Crippen molar-refractivity contribution in [1.29, 1.82) is 0 Å². The highest BCUT2D eigenvalue weighted by molar-refractivity contribution is 5.79. The molecule has 2 rings (SSSR count). The van der Waals surface area contributed by atoms with Gasteiger partial charge in [-0.25, -0.2) is 4.79 Å². The summed E-state index contributed by atoms with van der Waals surface area (Å²) in [5.41, 5.74) is 0.697. The van der Waals surface area contributed by atoms with E-state index >= 15 is 0 Å². The zero-order valence-electron chi connectivity index (χ0n) is 12.2. The fraction of sp³-hybridized carbons (Fsp3) is 0.438. The number of carboxylic acids is 1. The molecule has 2 atom stereocenters. The minimum Gasteiger partial charge on any atom is -0.508 e. The number of phenols is 1. The van der Waals surface area contributed by atoms with Gasteiger partial charge >= 0.3 is 5.97 Å². The van der Waals surface area contributed by atoms with E-state index in [1.165, 1.54) is 0 Å². The lowest BCUT2D eigenvalue weighted by Gasteiger charge is -2.41. The maximum absolute atomic E-state index is 10.6. The molecule has 0 aromatic heterocycles. The van der Waals surface area contributed by atoms with E-state index in [9.17, 15) is 9.90 Å². The zero-order valence-corrected chi connectivity index (χ0v) is 12.2. The van der Waals surface area contributed by atoms with Crippen molar-refractivity contribution in [3.63, 3.8) is 0 Å². The second kappa shape index (κ2) is 6.28. The Morgan fingerprint density at radius 2 is 2.14 bits per heavy atom. The van der Waals surface area contributed by atoms with Gasteiger partial charge in [-0.2, -0.15) is 0 Å². The lowest BCUT2D eigenvalue weighted by molar-refractivity contribution is -0.295. The van der Waals surface area contributed by atoms with E-state index in [1.807, 2.05) is 26.0 Å². The normalized spacial score (nSPS) is 25.0. The Kier molecular flexibility index (Phi) is 4.65. The summed E-state index contributed by atoms with van der Waals surface area (Å²) in [5, 5.41) is 18.7. The molecule has 0 bridgehead atoms. The Labute approximate surface area is 123 Å². The third kappa shape index (κ3) is 4.06. The average Bonchev–Trinajstić information content (AvgIpc) is 2.40. The monoisotopic (exact) mass is 292 g/mol. The first kappa shape index (κ1) is 15.5. The predicted molar refractivity (Wildman–Crippen MR) is 76.8 cm³/mol. The van der Waals surface area contributed by atoms with E-state index in [1.54, 1.807) is 18.2 Å². The highest BCUT2D eigenvalue weighted by Gasteiger charge is 2.37. The van der Waals surface area contributed by atoms with Crippen LogP contribution in [0.4, 0.5) is 0 Å². The Hall–Kier alpha value is -1.85. The summed E-state index contributed by atoms with van der Waals surface area (Å²) in [6.07, 6.45) is 2.86. The summed E-state index contributed by atoms with van der Waals surface area (Å²) >= 11 is 0. The number of ether oxygens (including phenoxy) is 2. The molecule has 5 heteroatoms. The Morgan fingerprint density at radius 3 is 2.81 bits per heavy atom. The third-order valence-electron chi connectivity index (χ3n) is 3.43. The maximum atomic E-state index is 10.6. The first-order valence-electron chi connectivity index (χ1n) is 6.88. The number of carboxylic acid groups (broad SMARTS) is 1. The number of hydrogen-bond acceptors (Lipinski definition) is 4. The van der Waals surface area contributed by atoms with E-state index in [0.29, 0.717) is 18.6 Å². The molecule has 1 aliphatic heterocycles. The highest BCUT2D eigenvalue weighted by atomic mass is 16.7. The van der Waals surface area contributed by atoms with Crippen LogP contribution in [0.1, 0.15) is 31.9 Å². The molecule has 1 heterocycles. The van der Waals surface area contributed by atoms with Crippen molar-refractivity contribution in [3.8, 4) is 5.75 Å². The molecular formula is C16H20O5. The van der Waals surface area contributed by atoms with Gasteiger partial charge in [0.1, 0.15) is 5.75 Å². The lowest BCUT2D eigenvalue weighted by atomic mass is 9.91. The van der Waals surface area contributed by atoms with Crippen LogP contribution in [-0.2, 0) is 14.3 Å². The molecular weight excluding hydrogens is 272 g/mol. The van der Waals surface area contributed by atoms with Gasteiger partial charge in [-0.15, -0.1) is 0 Å². The predicted octanol–water partition coefficient (Wildman–Crippen LogP) is 2.86. The van der Waals surface area contributed by atoms with Gasteiger partial charge in [0.25, 0.3) is 0 Å². The van der Waals surface area contributed by atoms with Crippen molar-refractivity contribution in [2.24, 2.45) is 5.92 Å². The van der Waals surface area contributed by atoms with Gasteiger partial charge in [-0.05, 0) is 26.3 Å². The quantitative estimate of drug-likeness (QED) is 0.835. The van der Waals surface area contributed by atoms with Gasteiger partial charge in [0.2, 0.25) is 0 Å². The van der Waals surface area contributed by atoms with Crippen LogP contribution in [0.3, 0.4) is 0 Å². The van der Waals surface area contributed by atoms with Crippen molar-refractivity contribution >= 4 is 5.97 Å². The molecule has 0 saturated carbocycles. The smallest absolute Gasteiger partial charge is 0.327 e. The largest absolute Gasteiger partial charge is 0.508 e. The van der Waals surface area contributed by atoms with Gasteiger partial charge in [0.05, 0.1) is 12.7 Å². The van der Waals surface area contributed by atoms with E-state index < -0.39 is 11.8 Å². The van der Waals surface area contributed by atoms with Gasteiger partial charge in [0.15, 0.2) is 5.79 Å². The first-order chi connectivity index (χ1) is 9.89. The molecule has 1 aromatic rings. The van der Waals surface area contributed by atoms with E-state index in [2.05, 4.69) is 0 Å². The van der Waals surface area contributed by atoms with Gasteiger partial charge in [0, 0.05) is 17.6 Å². The van der Waals surface area contributed by atoms with Crippen LogP contribution in [0, 0.1) is 5.92 Å². The van der Waals surface area contributed by atoms with Crippen molar-refractivity contribution < 1.29 is 24.5 Å². The van der Waals surface area contributed by atoms with E-state index in [4.69, 9.17) is 14.6 Å². The Morgan fingerprint density at radius 1 is 1.43 bits per heavy atom. The molecule has 5 nitrogen and oxygen atoms in total. The molecule has 1 unspecified atom stereocenters. The molecule has 1 saturated heterocycles. The number of para-hydroxylation sites is 1. The average molecular weight is 292 g/mol. The molecule has 114 valence electrons. The topological polar surface area (TPSA) is 76.0 Å². The molecule has 1 aromatic carbocycles. The summed E-state index contributed by atoms with van der Waals surface area (Å²) in [5.74, 6) is -1.60. The summed E-state index contributed by atoms with van der Waals surface area (Å²) in [4.78, 5) is 10.6. The van der Waals surface area contributed by atoms with Crippen LogP contribution in [0.25, 0.3) is 0 Å². The van der Waals surface area contributed by atoms with Gasteiger partial charge in [-0.3, -0.25) is 0 Å². The number of carbonyl (C=O) groups is 1. The number of hydrogen-bond donors (Lipinski definition) is 2.